The van der Waals surface area contributed by atoms with E-state index in [0.29, 0.717) is 12.1 Å². The van der Waals surface area contributed by atoms with E-state index in [1.807, 2.05) is 6.26 Å². The monoisotopic (exact) mass is 234 g/mol. The van der Waals surface area contributed by atoms with Crippen molar-refractivity contribution in [2.24, 2.45) is 0 Å². The van der Waals surface area contributed by atoms with Crippen LogP contribution in [0.1, 0.15) is 44.2 Å². The van der Waals surface area contributed by atoms with Gasteiger partial charge in [0.15, 0.2) is 0 Å². The molecule has 1 atom stereocenters. The molecular weight excluding hydrogens is 212 g/mol. The highest BCUT2D eigenvalue weighted by atomic mass is 16.3. The van der Waals surface area contributed by atoms with E-state index in [2.05, 4.69) is 23.2 Å². The van der Waals surface area contributed by atoms with E-state index in [1.54, 1.807) is 6.26 Å². The summed E-state index contributed by atoms with van der Waals surface area (Å²) in [5.74, 6) is 0. The Morgan fingerprint density at radius 1 is 1.29 bits per heavy atom. The van der Waals surface area contributed by atoms with Gasteiger partial charge in [-0.1, -0.05) is 0 Å². The largest absolute Gasteiger partial charge is 0.472 e. The molecule has 3 heteroatoms. The third kappa shape index (κ3) is 2.72. The lowest BCUT2D eigenvalue weighted by Gasteiger charge is -2.33. The zero-order chi connectivity index (χ0) is 11.7. The maximum atomic E-state index is 5.13. The molecule has 2 heterocycles. The van der Waals surface area contributed by atoms with Gasteiger partial charge in [-0.25, -0.2) is 0 Å². The van der Waals surface area contributed by atoms with Gasteiger partial charge < -0.3 is 14.6 Å². The van der Waals surface area contributed by atoms with E-state index >= 15 is 0 Å². The van der Waals surface area contributed by atoms with E-state index in [1.165, 1.54) is 44.3 Å². The second kappa shape index (κ2) is 4.83. The number of rotatable bonds is 4. The maximum absolute atomic E-state index is 5.13. The third-order valence-corrected chi connectivity index (χ3v) is 4.12. The molecule has 1 aromatic rings. The van der Waals surface area contributed by atoms with Gasteiger partial charge in [-0.05, 0) is 51.8 Å². The Labute approximate surface area is 103 Å². The predicted octanol–water partition coefficient (Wildman–Crippen LogP) is 2.56. The number of nitrogens with zero attached hydrogens (tertiary/aromatic N) is 1. The van der Waals surface area contributed by atoms with E-state index in [9.17, 15) is 0 Å². The Kier molecular flexibility index (Phi) is 3.21. The molecule has 3 rings (SSSR count). The van der Waals surface area contributed by atoms with Crippen molar-refractivity contribution in [1.29, 1.82) is 0 Å². The van der Waals surface area contributed by atoms with Crippen molar-refractivity contribution >= 4 is 0 Å². The Morgan fingerprint density at radius 3 is 2.65 bits per heavy atom. The fourth-order valence-electron chi connectivity index (χ4n) is 2.84. The fourth-order valence-corrected chi connectivity index (χ4v) is 2.84. The lowest BCUT2D eigenvalue weighted by atomic mass is 10.0. The van der Waals surface area contributed by atoms with Crippen LogP contribution >= 0.6 is 0 Å². The van der Waals surface area contributed by atoms with Gasteiger partial charge in [0.2, 0.25) is 0 Å². The second-order valence-corrected chi connectivity index (χ2v) is 5.49. The topological polar surface area (TPSA) is 28.4 Å². The van der Waals surface area contributed by atoms with Crippen LogP contribution in [0.15, 0.2) is 23.0 Å². The number of hydrogen-bond donors (Lipinski definition) is 1. The molecule has 1 N–H and O–H groups in total. The van der Waals surface area contributed by atoms with Crippen LogP contribution in [0.5, 0.6) is 0 Å². The summed E-state index contributed by atoms with van der Waals surface area (Å²) in [6.07, 6.45) is 9.05. The first kappa shape index (κ1) is 11.3. The average Bonchev–Trinajstić information content (AvgIpc) is 3.05. The van der Waals surface area contributed by atoms with Crippen LogP contribution in [0.25, 0.3) is 0 Å². The second-order valence-electron chi connectivity index (χ2n) is 5.49. The van der Waals surface area contributed by atoms with Gasteiger partial charge in [0.25, 0.3) is 0 Å². The molecule has 0 aromatic carbocycles. The number of nitrogens with one attached hydrogen (secondary N) is 1. The average molecular weight is 234 g/mol. The van der Waals surface area contributed by atoms with Gasteiger partial charge in [-0.2, -0.15) is 0 Å². The van der Waals surface area contributed by atoms with Gasteiger partial charge in [0.1, 0.15) is 0 Å². The van der Waals surface area contributed by atoms with Gasteiger partial charge in [-0.15, -0.1) is 0 Å². The molecule has 1 aliphatic carbocycles. The summed E-state index contributed by atoms with van der Waals surface area (Å²) in [7, 11) is 0. The molecule has 3 nitrogen and oxygen atoms in total. The minimum Gasteiger partial charge on any atom is -0.472 e. The molecule has 1 saturated carbocycles. The number of likely N-dealkylation sites (tertiary alicyclic amines) is 1. The molecule has 1 unspecified atom stereocenters. The van der Waals surface area contributed by atoms with Crippen LogP contribution in [-0.2, 0) is 0 Å². The molecule has 1 aliphatic heterocycles. The van der Waals surface area contributed by atoms with Gasteiger partial charge in [0, 0.05) is 23.7 Å². The molecule has 0 spiro atoms. The van der Waals surface area contributed by atoms with Gasteiger partial charge >= 0.3 is 0 Å². The summed E-state index contributed by atoms with van der Waals surface area (Å²) in [5.41, 5.74) is 1.26. The summed E-state index contributed by atoms with van der Waals surface area (Å²) in [5, 5.41) is 3.71. The zero-order valence-electron chi connectivity index (χ0n) is 10.6. The van der Waals surface area contributed by atoms with E-state index in [-0.39, 0.29) is 0 Å². The maximum Gasteiger partial charge on any atom is 0.0950 e. The first-order valence-corrected chi connectivity index (χ1v) is 6.85. The molecule has 0 bridgehead atoms. The van der Waals surface area contributed by atoms with Gasteiger partial charge in [-0.3, -0.25) is 0 Å². The highest BCUT2D eigenvalue weighted by Crippen LogP contribution is 2.29. The highest BCUT2D eigenvalue weighted by molar-refractivity contribution is 5.10. The molecule has 94 valence electrons. The van der Waals surface area contributed by atoms with Crippen molar-refractivity contribution < 1.29 is 4.42 Å². The van der Waals surface area contributed by atoms with Crippen LogP contribution in [0.2, 0.25) is 0 Å². The third-order valence-electron chi connectivity index (χ3n) is 4.12. The molecule has 17 heavy (non-hydrogen) atoms. The summed E-state index contributed by atoms with van der Waals surface area (Å²) < 4.78 is 5.13. The number of piperidine rings is 1. The Bertz CT molecular complexity index is 337. The van der Waals surface area contributed by atoms with Crippen molar-refractivity contribution in [1.82, 2.24) is 10.2 Å². The smallest absolute Gasteiger partial charge is 0.0950 e. The quantitative estimate of drug-likeness (QED) is 0.868. The van der Waals surface area contributed by atoms with Crippen molar-refractivity contribution in [2.45, 2.75) is 50.7 Å². The van der Waals surface area contributed by atoms with Crippen molar-refractivity contribution in [3.05, 3.63) is 24.2 Å². The SMILES string of the molecule is CC(NC1CCN(C2CC2)CC1)c1ccoc1. The Balaban J connectivity index is 1.46. The molecule has 2 fully saturated rings. The van der Waals surface area contributed by atoms with Crippen LogP contribution < -0.4 is 5.32 Å². The fraction of sp³-hybridized carbons (Fsp3) is 0.714. The first-order valence-electron chi connectivity index (χ1n) is 6.85. The van der Waals surface area contributed by atoms with Crippen molar-refractivity contribution in [2.75, 3.05) is 13.1 Å². The van der Waals surface area contributed by atoms with Crippen LogP contribution in [-0.4, -0.2) is 30.1 Å². The van der Waals surface area contributed by atoms with Crippen molar-refractivity contribution in [3.63, 3.8) is 0 Å². The molecule has 1 aromatic heterocycles. The van der Waals surface area contributed by atoms with E-state index in [4.69, 9.17) is 4.42 Å². The normalized spacial score (nSPS) is 25.0. The zero-order valence-corrected chi connectivity index (χ0v) is 10.6. The number of furan rings is 1. The number of hydrogen-bond acceptors (Lipinski definition) is 3. The van der Waals surface area contributed by atoms with Crippen LogP contribution in [0.3, 0.4) is 0 Å². The molecule has 0 radical (unpaired) electrons. The first-order chi connectivity index (χ1) is 8.33. The summed E-state index contributed by atoms with van der Waals surface area (Å²) in [4.78, 5) is 2.67. The Morgan fingerprint density at radius 2 is 2.06 bits per heavy atom. The summed E-state index contributed by atoms with van der Waals surface area (Å²) >= 11 is 0. The van der Waals surface area contributed by atoms with E-state index < -0.39 is 0 Å². The summed E-state index contributed by atoms with van der Waals surface area (Å²) in [6.45, 7) is 4.78. The molecule has 0 amide bonds. The molecular formula is C14H22N2O. The standard InChI is InChI=1S/C14H22N2O/c1-11(12-6-9-17-10-12)15-13-4-7-16(8-5-13)14-2-3-14/h6,9-11,13-15H,2-5,7-8H2,1H3. The minimum absolute atomic E-state index is 0.409. The Hall–Kier alpha value is -0.800. The van der Waals surface area contributed by atoms with Gasteiger partial charge in [0.05, 0.1) is 12.5 Å². The van der Waals surface area contributed by atoms with Crippen LogP contribution in [0.4, 0.5) is 0 Å². The molecule has 2 aliphatic rings. The minimum atomic E-state index is 0.409. The lowest BCUT2D eigenvalue weighted by Crippen LogP contribution is -2.43. The van der Waals surface area contributed by atoms with E-state index in [0.717, 1.165) is 6.04 Å². The summed E-state index contributed by atoms with van der Waals surface area (Å²) in [6, 6.07) is 4.07. The highest BCUT2D eigenvalue weighted by Gasteiger charge is 2.31. The van der Waals surface area contributed by atoms with Crippen LogP contribution in [0, 0.1) is 0 Å². The lowest BCUT2D eigenvalue weighted by molar-refractivity contribution is 0.184. The predicted molar refractivity (Wildman–Crippen MR) is 67.9 cm³/mol. The molecule has 1 saturated heterocycles. The van der Waals surface area contributed by atoms with Crippen molar-refractivity contribution in [3.8, 4) is 0 Å².